The Balaban J connectivity index is 0.817. The molecule has 2 aromatic heterocycles. The Hall–Kier alpha value is -6.12. The highest BCUT2D eigenvalue weighted by Gasteiger charge is 2.34. The summed E-state index contributed by atoms with van der Waals surface area (Å²) in [6, 6.07) is 18.1. The van der Waals surface area contributed by atoms with Crippen LogP contribution in [0.4, 0.5) is 0 Å². The number of carbonyl (C=O) groups is 4. The fourth-order valence-corrected chi connectivity index (χ4v) is 6.74. The van der Waals surface area contributed by atoms with Gasteiger partial charge in [-0.2, -0.15) is 0 Å². The molecule has 2 N–H and O–H groups in total. The van der Waals surface area contributed by atoms with Gasteiger partial charge in [0.2, 0.25) is 0 Å². The highest BCUT2D eigenvalue weighted by molar-refractivity contribution is 6.27. The van der Waals surface area contributed by atoms with E-state index in [2.05, 4.69) is 31.0 Å². The summed E-state index contributed by atoms with van der Waals surface area (Å²) in [7, 11) is 0. The molecule has 0 fully saturated rings. The molecule has 0 unspecified atom stereocenters. The summed E-state index contributed by atoms with van der Waals surface area (Å²) in [5, 5.41) is 25.0. The minimum Gasteiger partial charge on any atom is -0.315 e. The first-order valence-corrected chi connectivity index (χ1v) is 16.0. The first-order chi connectivity index (χ1) is 24.0. The van der Waals surface area contributed by atoms with Gasteiger partial charge in [0.25, 0.3) is 23.6 Å². The van der Waals surface area contributed by atoms with Crippen molar-refractivity contribution in [3.05, 3.63) is 108 Å². The van der Waals surface area contributed by atoms with E-state index in [9.17, 15) is 19.2 Å². The number of nitrogens with one attached hydrogen (secondary N) is 2. The van der Waals surface area contributed by atoms with Gasteiger partial charge in [0.15, 0.2) is 0 Å². The molecule has 49 heavy (non-hydrogen) atoms. The van der Waals surface area contributed by atoms with Crippen LogP contribution in [-0.4, -0.2) is 102 Å². The molecule has 0 aliphatic carbocycles. The molecule has 0 atom stereocenters. The van der Waals surface area contributed by atoms with E-state index in [-0.39, 0.29) is 36.7 Å². The summed E-state index contributed by atoms with van der Waals surface area (Å²) in [5.74, 6) is -1.26. The van der Waals surface area contributed by atoms with Crippen LogP contribution in [0.15, 0.2) is 86.0 Å². The quantitative estimate of drug-likeness (QED) is 0.148. The lowest BCUT2D eigenvalue weighted by molar-refractivity contribution is 0.0597. The molecule has 2 aliphatic rings. The number of hydrogen-bond donors (Lipinski definition) is 2. The van der Waals surface area contributed by atoms with E-state index in [1.54, 1.807) is 58.7 Å². The Kier molecular flexibility index (Phi) is 7.70. The molecule has 6 aromatic rings. The Morgan fingerprint density at radius 1 is 0.469 bits per heavy atom. The van der Waals surface area contributed by atoms with Crippen LogP contribution in [0.3, 0.4) is 0 Å². The number of imide groups is 2. The van der Waals surface area contributed by atoms with Gasteiger partial charge in [0.1, 0.15) is 25.3 Å². The fourth-order valence-electron chi connectivity index (χ4n) is 6.74. The van der Waals surface area contributed by atoms with Crippen molar-refractivity contribution < 1.29 is 19.2 Å². The van der Waals surface area contributed by atoms with Gasteiger partial charge in [-0.1, -0.05) is 24.3 Å². The van der Waals surface area contributed by atoms with Crippen LogP contribution < -0.4 is 10.6 Å². The first kappa shape index (κ1) is 30.2. The number of carbonyl (C=O) groups excluding carboxylic acids is 4. The lowest BCUT2D eigenvalue weighted by Crippen LogP contribution is -2.44. The molecule has 0 spiro atoms. The third-order valence-corrected chi connectivity index (χ3v) is 9.06. The van der Waals surface area contributed by atoms with Gasteiger partial charge in [-0.25, -0.2) is 0 Å². The molecule has 0 radical (unpaired) electrons. The highest BCUT2D eigenvalue weighted by atomic mass is 16.2. The molecule has 2 aliphatic heterocycles. The SMILES string of the molecule is O=C1c2cccc3c(-n4cnnc4)ccc(c23)C(=O)N1CCNCCCNCCN1C(=O)c2cccc3c(-n4cnnc4)ccc(c23)C1=O. The van der Waals surface area contributed by atoms with E-state index in [4.69, 9.17) is 0 Å². The average Bonchev–Trinajstić information content (AvgIpc) is 3.87. The summed E-state index contributed by atoms with van der Waals surface area (Å²) in [6.07, 6.45) is 7.09. The molecule has 244 valence electrons. The van der Waals surface area contributed by atoms with Crippen molar-refractivity contribution in [1.82, 2.24) is 50.0 Å². The summed E-state index contributed by atoms with van der Waals surface area (Å²) >= 11 is 0. The van der Waals surface area contributed by atoms with Crippen molar-refractivity contribution >= 4 is 45.2 Å². The van der Waals surface area contributed by atoms with Gasteiger partial charge in [-0.15, -0.1) is 20.4 Å². The summed E-state index contributed by atoms with van der Waals surface area (Å²) in [6.45, 7) is 2.68. The molecule has 4 heterocycles. The zero-order chi connectivity index (χ0) is 33.5. The van der Waals surface area contributed by atoms with E-state index < -0.39 is 0 Å². The van der Waals surface area contributed by atoms with Gasteiger partial charge < -0.3 is 10.6 Å². The zero-order valence-corrected chi connectivity index (χ0v) is 26.2. The Morgan fingerprint density at radius 3 is 1.27 bits per heavy atom. The summed E-state index contributed by atoms with van der Waals surface area (Å²) in [4.78, 5) is 56.1. The minimum atomic E-state index is -0.316. The van der Waals surface area contributed by atoms with Gasteiger partial charge in [-0.05, 0) is 55.9 Å². The smallest absolute Gasteiger partial charge is 0.261 e. The Labute approximate surface area is 279 Å². The van der Waals surface area contributed by atoms with E-state index in [1.807, 2.05) is 36.4 Å². The summed E-state index contributed by atoms with van der Waals surface area (Å²) < 4.78 is 3.51. The number of amides is 4. The molecule has 8 rings (SSSR count). The van der Waals surface area contributed by atoms with E-state index in [1.165, 1.54) is 9.80 Å². The second-order valence-corrected chi connectivity index (χ2v) is 11.8. The fraction of sp³-hybridized carbons (Fsp3) is 0.200. The largest absolute Gasteiger partial charge is 0.315 e. The molecular weight excluding hydrogens is 624 g/mol. The second kappa shape index (κ2) is 12.5. The van der Waals surface area contributed by atoms with Crippen LogP contribution in [0, 0.1) is 0 Å². The minimum absolute atomic E-state index is 0.238. The maximum Gasteiger partial charge on any atom is 0.261 e. The molecule has 0 saturated heterocycles. The third-order valence-electron chi connectivity index (χ3n) is 9.06. The normalized spacial score (nSPS) is 14.1. The van der Waals surface area contributed by atoms with Gasteiger partial charge in [0.05, 0.1) is 11.4 Å². The Bertz CT molecular complexity index is 2060. The van der Waals surface area contributed by atoms with Crippen LogP contribution in [0.5, 0.6) is 0 Å². The topological polar surface area (TPSA) is 160 Å². The van der Waals surface area contributed by atoms with Crippen molar-refractivity contribution in [2.45, 2.75) is 6.42 Å². The number of aromatic nitrogens is 6. The first-order valence-electron chi connectivity index (χ1n) is 16.0. The number of hydrogen-bond acceptors (Lipinski definition) is 10. The predicted molar refractivity (Wildman–Crippen MR) is 179 cm³/mol. The maximum atomic E-state index is 13.4. The molecular formula is C35H30N10O4. The Morgan fingerprint density at radius 2 is 0.857 bits per heavy atom. The van der Waals surface area contributed by atoms with E-state index >= 15 is 0 Å². The van der Waals surface area contributed by atoms with Crippen molar-refractivity contribution in [2.75, 3.05) is 39.3 Å². The lowest BCUT2D eigenvalue weighted by atomic mass is 9.93. The highest BCUT2D eigenvalue weighted by Crippen LogP contribution is 2.35. The number of nitrogens with zero attached hydrogens (tertiary/aromatic N) is 8. The average molecular weight is 655 g/mol. The second-order valence-electron chi connectivity index (χ2n) is 11.8. The molecule has 14 heteroatoms. The van der Waals surface area contributed by atoms with Crippen molar-refractivity contribution in [1.29, 1.82) is 0 Å². The van der Waals surface area contributed by atoms with Gasteiger partial charge in [0, 0.05) is 70.0 Å². The molecule has 4 amide bonds. The van der Waals surface area contributed by atoms with Crippen molar-refractivity contribution in [3.63, 3.8) is 0 Å². The molecule has 0 saturated carbocycles. The van der Waals surface area contributed by atoms with Crippen molar-refractivity contribution in [2.24, 2.45) is 0 Å². The standard InChI is InChI=1S/C35H30N10O4/c46-32-24-6-1-4-22-28(42-18-38-39-19-42)10-8-26(30(22)24)34(48)44(32)16-14-36-12-3-13-37-15-17-45-33(47)25-7-2-5-23-29(43-20-40-41-21-43)11-9-27(31(23)25)35(45)49/h1-2,4-11,18-21,36-37H,3,12-17H2. The lowest BCUT2D eigenvalue weighted by Gasteiger charge is -2.28. The van der Waals surface area contributed by atoms with Crippen LogP contribution >= 0.6 is 0 Å². The molecule has 4 aromatic carbocycles. The zero-order valence-electron chi connectivity index (χ0n) is 26.2. The van der Waals surface area contributed by atoms with Crippen LogP contribution in [0.2, 0.25) is 0 Å². The van der Waals surface area contributed by atoms with E-state index in [0.29, 0.717) is 59.2 Å². The van der Waals surface area contributed by atoms with Gasteiger partial charge in [-0.3, -0.25) is 38.1 Å². The van der Waals surface area contributed by atoms with Crippen LogP contribution in [0.1, 0.15) is 47.9 Å². The molecule has 14 nitrogen and oxygen atoms in total. The number of benzene rings is 4. The van der Waals surface area contributed by atoms with Crippen LogP contribution in [-0.2, 0) is 0 Å². The maximum absolute atomic E-state index is 13.4. The van der Waals surface area contributed by atoms with Gasteiger partial charge >= 0.3 is 0 Å². The number of rotatable bonds is 12. The predicted octanol–water partition coefficient (Wildman–Crippen LogP) is 2.62. The molecule has 0 bridgehead atoms. The van der Waals surface area contributed by atoms with Crippen molar-refractivity contribution in [3.8, 4) is 11.4 Å². The monoisotopic (exact) mass is 654 g/mol. The third kappa shape index (κ3) is 5.14. The van der Waals surface area contributed by atoms with Crippen LogP contribution in [0.25, 0.3) is 32.9 Å². The van der Waals surface area contributed by atoms with E-state index in [0.717, 1.165) is 28.6 Å². The summed E-state index contributed by atoms with van der Waals surface area (Å²) in [5.41, 5.74) is 3.57.